The average Bonchev–Trinajstić information content (AvgIpc) is 2.39. The predicted octanol–water partition coefficient (Wildman–Crippen LogP) is 0.722. The molecule has 2 rings (SSSR count). The van der Waals surface area contributed by atoms with Gasteiger partial charge in [0.25, 0.3) is 5.91 Å². The summed E-state index contributed by atoms with van der Waals surface area (Å²) in [6.07, 6.45) is 6.65. The Bertz CT molecular complexity index is 352. The number of piperidine rings is 1. The van der Waals surface area contributed by atoms with Crippen LogP contribution in [0.2, 0.25) is 0 Å². The monoisotopic (exact) mass is 256 g/mol. The Morgan fingerprint density at radius 3 is 2.65 bits per heavy atom. The Labute approximate surface area is 107 Å². The molecule has 1 aliphatic heterocycles. The lowest BCUT2D eigenvalue weighted by atomic mass is 10.1. The molecule has 1 N–H and O–H groups in total. The third-order valence-electron chi connectivity index (χ3n) is 2.97. The highest BCUT2D eigenvalue weighted by molar-refractivity contribution is 5.92. The smallest absolute Gasteiger partial charge is 0.274 e. The molecule has 17 heavy (non-hydrogen) atoms. The van der Waals surface area contributed by atoms with E-state index in [1.165, 1.54) is 6.20 Å². The molecule has 0 saturated carbocycles. The Morgan fingerprint density at radius 2 is 2.12 bits per heavy atom. The van der Waals surface area contributed by atoms with Crippen LogP contribution in [0.1, 0.15) is 23.3 Å². The number of aromatic nitrogens is 2. The van der Waals surface area contributed by atoms with Crippen molar-refractivity contribution in [2.75, 3.05) is 20.1 Å². The van der Waals surface area contributed by atoms with Crippen LogP contribution < -0.4 is 5.32 Å². The fourth-order valence-electron chi connectivity index (χ4n) is 1.94. The van der Waals surface area contributed by atoms with Gasteiger partial charge in [0, 0.05) is 31.5 Å². The molecule has 2 heterocycles. The van der Waals surface area contributed by atoms with Crippen molar-refractivity contribution in [1.82, 2.24) is 20.2 Å². The van der Waals surface area contributed by atoms with Crippen molar-refractivity contribution in [3.05, 3.63) is 24.3 Å². The van der Waals surface area contributed by atoms with E-state index in [9.17, 15) is 4.79 Å². The first-order chi connectivity index (χ1) is 7.81. The van der Waals surface area contributed by atoms with E-state index < -0.39 is 0 Å². The fourth-order valence-corrected chi connectivity index (χ4v) is 1.94. The van der Waals surface area contributed by atoms with Crippen LogP contribution in [0, 0.1) is 0 Å². The number of rotatable bonds is 2. The summed E-state index contributed by atoms with van der Waals surface area (Å²) in [4.78, 5) is 21.8. The van der Waals surface area contributed by atoms with Crippen molar-refractivity contribution in [3.8, 4) is 0 Å². The summed E-state index contributed by atoms with van der Waals surface area (Å²) in [5, 5.41) is 3.24. The van der Waals surface area contributed by atoms with Crippen molar-refractivity contribution in [2.24, 2.45) is 0 Å². The van der Waals surface area contributed by atoms with Gasteiger partial charge in [0.1, 0.15) is 5.69 Å². The third-order valence-corrected chi connectivity index (χ3v) is 2.97. The molecule has 6 heteroatoms. The van der Waals surface area contributed by atoms with Gasteiger partial charge in [-0.05, 0) is 19.9 Å². The Balaban J connectivity index is 0.00000144. The van der Waals surface area contributed by atoms with Crippen LogP contribution in [0.25, 0.3) is 0 Å². The number of halogens is 1. The maximum Gasteiger partial charge on any atom is 0.274 e. The van der Waals surface area contributed by atoms with Gasteiger partial charge in [-0.15, -0.1) is 12.4 Å². The summed E-state index contributed by atoms with van der Waals surface area (Å²) >= 11 is 0. The lowest BCUT2D eigenvalue weighted by Crippen LogP contribution is -2.44. The third kappa shape index (κ3) is 3.38. The van der Waals surface area contributed by atoms with E-state index >= 15 is 0 Å². The van der Waals surface area contributed by atoms with Gasteiger partial charge in [-0.2, -0.15) is 0 Å². The molecule has 1 aromatic rings. The van der Waals surface area contributed by atoms with E-state index in [0.29, 0.717) is 11.7 Å². The molecule has 94 valence electrons. The molecule has 0 radical (unpaired) electrons. The minimum atomic E-state index is -0.0114. The molecule has 0 atom stereocenters. The van der Waals surface area contributed by atoms with Gasteiger partial charge in [0.05, 0.1) is 6.20 Å². The number of nitrogens with one attached hydrogen (secondary N) is 1. The maximum absolute atomic E-state index is 12.0. The molecular weight excluding hydrogens is 240 g/mol. The number of hydrogen-bond donors (Lipinski definition) is 1. The van der Waals surface area contributed by atoms with Crippen molar-refractivity contribution >= 4 is 18.3 Å². The molecule has 0 bridgehead atoms. The quantitative estimate of drug-likeness (QED) is 0.847. The van der Waals surface area contributed by atoms with Gasteiger partial charge in [-0.25, -0.2) is 4.98 Å². The zero-order valence-corrected chi connectivity index (χ0v) is 10.6. The van der Waals surface area contributed by atoms with Crippen LogP contribution in [0.5, 0.6) is 0 Å². The summed E-state index contributed by atoms with van der Waals surface area (Å²) < 4.78 is 0. The minimum Gasteiger partial charge on any atom is -0.337 e. The molecule has 1 amide bonds. The van der Waals surface area contributed by atoms with E-state index in [1.807, 2.05) is 11.9 Å². The number of amides is 1. The second-order valence-electron chi connectivity index (χ2n) is 3.95. The normalized spacial score (nSPS) is 16.4. The highest BCUT2D eigenvalue weighted by atomic mass is 35.5. The Hall–Kier alpha value is -1.20. The van der Waals surface area contributed by atoms with Gasteiger partial charge >= 0.3 is 0 Å². The number of hydrogen-bond acceptors (Lipinski definition) is 4. The minimum absolute atomic E-state index is 0. The molecule has 0 aromatic carbocycles. The zero-order valence-electron chi connectivity index (χ0n) is 9.80. The molecule has 1 fully saturated rings. The van der Waals surface area contributed by atoms with Crippen LogP contribution in [0.4, 0.5) is 0 Å². The molecule has 0 spiro atoms. The first-order valence-corrected chi connectivity index (χ1v) is 5.54. The second-order valence-corrected chi connectivity index (χ2v) is 3.95. The maximum atomic E-state index is 12.0. The molecular formula is C11H17ClN4O. The van der Waals surface area contributed by atoms with E-state index in [0.717, 1.165) is 25.9 Å². The van der Waals surface area contributed by atoms with Crippen LogP contribution in [-0.4, -0.2) is 47.0 Å². The van der Waals surface area contributed by atoms with Crippen LogP contribution in [0.3, 0.4) is 0 Å². The number of carbonyl (C=O) groups is 1. The highest BCUT2D eigenvalue weighted by Gasteiger charge is 2.23. The molecule has 1 saturated heterocycles. The van der Waals surface area contributed by atoms with E-state index in [-0.39, 0.29) is 18.3 Å². The average molecular weight is 257 g/mol. The first-order valence-electron chi connectivity index (χ1n) is 5.54. The zero-order chi connectivity index (χ0) is 11.4. The van der Waals surface area contributed by atoms with E-state index in [4.69, 9.17) is 0 Å². The molecule has 0 aliphatic carbocycles. The van der Waals surface area contributed by atoms with Crippen molar-refractivity contribution in [3.63, 3.8) is 0 Å². The van der Waals surface area contributed by atoms with Crippen molar-refractivity contribution in [2.45, 2.75) is 18.9 Å². The van der Waals surface area contributed by atoms with Crippen molar-refractivity contribution in [1.29, 1.82) is 0 Å². The molecule has 1 aromatic heterocycles. The Kier molecular flexibility index (Phi) is 5.31. The fraction of sp³-hybridized carbons (Fsp3) is 0.545. The first kappa shape index (κ1) is 13.9. The summed E-state index contributed by atoms with van der Waals surface area (Å²) in [6.45, 7) is 1.59. The Morgan fingerprint density at radius 1 is 1.41 bits per heavy atom. The van der Waals surface area contributed by atoms with Gasteiger partial charge in [-0.3, -0.25) is 9.78 Å². The van der Waals surface area contributed by atoms with E-state index in [1.54, 1.807) is 12.4 Å². The van der Waals surface area contributed by atoms with Crippen LogP contribution in [0.15, 0.2) is 18.6 Å². The van der Waals surface area contributed by atoms with Gasteiger partial charge in [-0.1, -0.05) is 0 Å². The SMILES string of the molecule is CNC1CCN(C(=O)c2cnccn2)CC1.Cl. The van der Waals surface area contributed by atoms with Gasteiger partial charge in [0.2, 0.25) is 0 Å². The molecule has 1 aliphatic rings. The largest absolute Gasteiger partial charge is 0.337 e. The summed E-state index contributed by atoms with van der Waals surface area (Å²) in [6, 6.07) is 0.533. The summed E-state index contributed by atoms with van der Waals surface area (Å²) in [5.74, 6) is -0.0114. The highest BCUT2D eigenvalue weighted by Crippen LogP contribution is 2.12. The van der Waals surface area contributed by atoms with Gasteiger partial charge < -0.3 is 10.2 Å². The number of carbonyl (C=O) groups excluding carboxylic acids is 1. The van der Waals surface area contributed by atoms with Crippen molar-refractivity contribution < 1.29 is 4.79 Å². The molecule has 0 unspecified atom stereocenters. The van der Waals surface area contributed by atoms with Crippen LogP contribution in [-0.2, 0) is 0 Å². The summed E-state index contributed by atoms with van der Waals surface area (Å²) in [5.41, 5.74) is 0.436. The number of likely N-dealkylation sites (tertiary alicyclic amines) is 1. The second kappa shape index (κ2) is 6.51. The lowest BCUT2D eigenvalue weighted by Gasteiger charge is -2.31. The lowest BCUT2D eigenvalue weighted by molar-refractivity contribution is 0.0701. The summed E-state index contributed by atoms with van der Waals surface area (Å²) in [7, 11) is 1.96. The van der Waals surface area contributed by atoms with Crippen LogP contribution >= 0.6 is 12.4 Å². The standard InChI is InChI=1S/C11H16N4O.ClH/c1-12-9-2-6-15(7-3-9)11(16)10-8-13-4-5-14-10;/h4-5,8-9,12H,2-3,6-7H2,1H3;1H. The van der Waals surface area contributed by atoms with E-state index in [2.05, 4.69) is 15.3 Å². The predicted molar refractivity (Wildman–Crippen MR) is 67.3 cm³/mol. The topological polar surface area (TPSA) is 58.1 Å². The number of nitrogens with zero attached hydrogens (tertiary/aromatic N) is 3. The molecule has 5 nitrogen and oxygen atoms in total. The van der Waals surface area contributed by atoms with Gasteiger partial charge in [0.15, 0.2) is 0 Å².